The molecule has 1 aliphatic heterocycles. The average molecular weight is 236 g/mol. The van der Waals surface area contributed by atoms with Crippen LogP contribution in [0.15, 0.2) is 11.6 Å². The van der Waals surface area contributed by atoms with Gasteiger partial charge in [0.05, 0.1) is 5.57 Å². The molecule has 1 saturated heterocycles. The zero-order valence-electron chi connectivity index (χ0n) is 10.7. The first-order chi connectivity index (χ1) is 8.38. The average Bonchev–Trinajstić information content (AvgIpc) is 2.32. The summed E-state index contributed by atoms with van der Waals surface area (Å²) in [5, 5.41) is 0. The van der Waals surface area contributed by atoms with Crippen LogP contribution in [0.2, 0.25) is 0 Å². The van der Waals surface area contributed by atoms with Gasteiger partial charge in [-0.2, -0.15) is 0 Å². The van der Waals surface area contributed by atoms with Gasteiger partial charge in [0.15, 0.2) is 0 Å². The smallest absolute Gasteiger partial charge is 0.338 e. The van der Waals surface area contributed by atoms with E-state index < -0.39 is 0 Å². The van der Waals surface area contributed by atoms with Crippen molar-refractivity contribution < 1.29 is 9.53 Å². The second-order valence-corrected chi connectivity index (χ2v) is 5.31. The molecule has 2 heteroatoms. The molecule has 0 amide bonds. The summed E-state index contributed by atoms with van der Waals surface area (Å²) >= 11 is 0. The molecule has 0 saturated carbocycles. The van der Waals surface area contributed by atoms with Crippen LogP contribution in [0.25, 0.3) is 0 Å². The van der Waals surface area contributed by atoms with E-state index in [4.69, 9.17) is 4.74 Å². The van der Waals surface area contributed by atoms with Crippen LogP contribution in [-0.2, 0) is 9.53 Å². The van der Waals surface area contributed by atoms with Gasteiger partial charge in [0.2, 0.25) is 0 Å². The zero-order chi connectivity index (χ0) is 11.9. The van der Waals surface area contributed by atoms with Gasteiger partial charge in [-0.1, -0.05) is 51.0 Å². The van der Waals surface area contributed by atoms with E-state index in [9.17, 15) is 4.79 Å². The van der Waals surface area contributed by atoms with E-state index in [2.05, 4.69) is 6.08 Å². The number of carbonyl (C=O) groups is 1. The van der Waals surface area contributed by atoms with Gasteiger partial charge in [-0.15, -0.1) is 0 Å². The fourth-order valence-electron chi connectivity index (χ4n) is 2.73. The highest BCUT2D eigenvalue weighted by molar-refractivity contribution is 5.95. The fraction of sp³-hybridized carbons (Fsp3) is 0.800. The van der Waals surface area contributed by atoms with Gasteiger partial charge in [-0.3, -0.25) is 0 Å². The molecule has 1 aliphatic carbocycles. The molecule has 1 fully saturated rings. The number of esters is 1. The van der Waals surface area contributed by atoms with Gasteiger partial charge in [-0.05, 0) is 25.7 Å². The van der Waals surface area contributed by atoms with Gasteiger partial charge in [-0.25, -0.2) is 4.79 Å². The summed E-state index contributed by atoms with van der Waals surface area (Å²) in [5.74, 6) is -0.0675. The Morgan fingerprint density at radius 2 is 1.47 bits per heavy atom. The van der Waals surface area contributed by atoms with Gasteiger partial charge in [0.1, 0.15) is 6.10 Å². The third-order valence-electron chi connectivity index (χ3n) is 3.87. The maximum Gasteiger partial charge on any atom is 0.338 e. The molecule has 0 aromatic rings. The predicted octanol–water partition coefficient (Wildman–Crippen LogP) is 4.14. The first kappa shape index (κ1) is 12.7. The van der Waals surface area contributed by atoms with Crippen LogP contribution < -0.4 is 0 Å². The topological polar surface area (TPSA) is 26.3 Å². The molecule has 1 heterocycles. The summed E-state index contributed by atoms with van der Waals surface area (Å²) < 4.78 is 5.20. The van der Waals surface area contributed by atoms with Crippen molar-refractivity contribution in [1.82, 2.24) is 0 Å². The number of fused-ring (bicyclic) bond motifs is 1. The monoisotopic (exact) mass is 236 g/mol. The number of hydrogen-bond acceptors (Lipinski definition) is 2. The van der Waals surface area contributed by atoms with Crippen LogP contribution in [-0.4, -0.2) is 12.1 Å². The summed E-state index contributed by atoms with van der Waals surface area (Å²) in [7, 11) is 0. The second-order valence-electron chi connectivity index (χ2n) is 5.31. The first-order valence-electron chi connectivity index (χ1n) is 7.29. The molecule has 0 radical (unpaired) electrons. The first-order valence-corrected chi connectivity index (χ1v) is 7.29. The van der Waals surface area contributed by atoms with Crippen molar-refractivity contribution in [2.75, 3.05) is 0 Å². The molecule has 0 bridgehead atoms. The zero-order valence-corrected chi connectivity index (χ0v) is 10.7. The fourth-order valence-corrected chi connectivity index (χ4v) is 2.73. The van der Waals surface area contributed by atoms with Crippen LogP contribution >= 0.6 is 0 Å². The molecule has 2 rings (SSSR count). The van der Waals surface area contributed by atoms with Crippen molar-refractivity contribution in [3.05, 3.63) is 11.6 Å². The SMILES string of the molecule is O=C1OC2CCCCCCCCCCCC=C12. The largest absolute Gasteiger partial charge is 0.454 e. The lowest BCUT2D eigenvalue weighted by atomic mass is 9.95. The summed E-state index contributed by atoms with van der Waals surface area (Å²) in [5.41, 5.74) is 0.960. The van der Waals surface area contributed by atoms with E-state index in [1.54, 1.807) is 0 Å². The lowest BCUT2D eigenvalue weighted by Crippen LogP contribution is -2.36. The summed E-state index contributed by atoms with van der Waals surface area (Å²) in [6, 6.07) is 0. The number of ether oxygens (including phenoxy) is 1. The molecule has 2 nitrogen and oxygen atoms in total. The summed E-state index contributed by atoms with van der Waals surface area (Å²) in [4.78, 5) is 11.3. The van der Waals surface area contributed by atoms with Gasteiger partial charge in [0, 0.05) is 0 Å². The van der Waals surface area contributed by atoms with Gasteiger partial charge in [0.25, 0.3) is 0 Å². The molecule has 96 valence electrons. The summed E-state index contributed by atoms with van der Waals surface area (Å²) in [6.45, 7) is 0. The maximum atomic E-state index is 11.3. The Morgan fingerprint density at radius 3 is 2.12 bits per heavy atom. The number of carbonyl (C=O) groups excluding carboxylic acids is 1. The summed E-state index contributed by atoms with van der Waals surface area (Å²) in [6.07, 6.45) is 16.3. The Hall–Kier alpha value is -0.790. The van der Waals surface area contributed by atoms with Crippen LogP contribution in [0.3, 0.4) is 0 Å². The predicted molar refractivity (Wildman–Crippen MR) is 68.8 cm³/mol. The Kier molecular flexibility index (Phi) is 5.08. The highest BCUT2D eigenvalue weighted by Crippen LogP contribution is 2.27. The minimum Gasteiger partial charge on any atom is -0.454 e. The molecular weight excluding hydrogens is 212 g/mol. The van der Waals surface area contributed by atoms with E-state index in [1.165, 1.54) is 57.8 Å². The third-order valence-corrected chi connectivity index (χ3v) is 3.87. The molecule has 0 spiro atoms. The number of rotatable bonds is 0. The minimum atomic E-state index is -0.0675. The highest BCUT2D eigenvalue weighted by Gasteiger charge is 2.34. The molecule has 0 aromatic heterocycles. The van der Waals surface area contributed by atoms with Crippen molar-refractivity contribution in [3.63, 3.8) is 0 Å². The van der Waals surface area contributed by atoms with Crippen LogP contribution in [0.1, 0.15) is 70.6 Å². The molecular formula is C15H24O2. The van der Waals surface area contributed by atoms with Crippen LogP contribution in [0.4, 0.5) is 0 Å². The second kappa shape index (κ2) is 6.83. The van der Waals surface area contributed by atoms with Crippen molar-refractivity contribution >= 4 is 5.97 Å². The number of allylic oxidation sites excluding steroid dienone is 1. The Labute approximate surface area is 104 Å². The van der Waals surface area contributed by atoms with Crippen molar-refractivity contribution in [1.29, 1.82) is 0 Å². The van der Waals surface area contributed by atoms with E-state index in [0.717, 1.165) is 18.4 Å². The lowest BCUT2D eigenvalue weighted by Gasteiger charge is -2.29. The maximum absolute atomic E-state index is 11.3. The van der Waals surface area contributed by atoms with E-state index in [-0.39, 0.29) is 12.1 Å². The molecule has 2 aliphatic rings. The third kappa shape index (κ3) is 3.86. The standard InChI is InChI=1S/C15H24O2/c16-15-13-11-9-7-5-3-1-2-4-6-8-10-12-14(13)17-15/h11,14H,1-10,12H2. The molecule has 1 atom stereocenters. The quantitative estimate of drug-likeness (QED) is 0.591. The van der Waals surface area contributed by atoms with Crippen LogP contribution in [0.5, 0.6) is 0 Å². The Bertz CT molecular complexity index is 281. The molecule has 0 N–H and O–H groups in total. The van der Waals surface area contributed by atoms with E-state index in [1.807, 2.05) is 0 Å². The van der Waals surface area contributed by atoms with Crippen molar-refractivity contribution in [3.8, 4) is 0 Å². The minimum absolute atomic E-state index is 0.0675. The molecule has 17 heavy (non-hydrogen) atoms. The number of hydrogen-bond donors (Lipinski definition) is 0. The van der Waals surface area contributed by atoms with Gasteiger partial charge < -0.3 is 4.74 Å². The Balaban J connectivity index is 1.82. The lowest BCUT2D eigenvalue weighted by molar-refractivity contribution is -0.156. The van der Waals surface area contributed by atoms with Crippen LogP contribution in [0, 0.1) is 0 Å². The van der Waals surface area contributed by atoms with E-state index >= 15 is 0 Å². The highest BCUT2D eigenvalue weighted by atomic mass is 16.6. The van der Waals surface area contributed by atoms with Crippen molar-refractivity contribution in [2.45, 2.75) is 76.7 Å². The molecule has 1 unspecified atom stereocenters. The Morgan fingerprint density at radius 1 is 0.882 bits per heavy atom. The van der Waals surface area contributed by atoms with Crippen molar-refractivity contribution in [2.24, 2.45) is 0 Å². The molecule has 0 aromatic carbocycles. The van der Waals surface area contributed by atoms with Gasteiger partial charge >= 0.3 is 5.97 Å². The van der Waals surface area contributed by atoms with E-state index in [0.29, 0.717) is 0 Å². The normalized spacial score (nSPS) is 28.1.